The number of esters is 2. The lowest BCUT2D eigenvalue weighted by molar-refractivity contribution is -0.143. The topological polar surface area (TPSA) is 188 Å². The summed E-state index contributed by atoms with van der Waals surface area (Å²) >= 11 is 0. The molecule has 6 aliphatic rings. The van der Waals surface area contributed by atoms with Crippen LogP contribution < -0.4 is 10.6 Å². The lowest BCUT2D eigenvalue weighted by Gasteiger charge is -2.39. The Bertz CT molecular complexity index is 2120. The Kier molecular flexibility index (Phi) is 11.3. The van der Waals surface area contributed by atoms with Crippen LogP contribution in [0.25, 0.3) is 0 Å². The fourth-order valence-electron chi connectivity index (χ4n) is 8.73. The maximum atomic E-state index is 13.1. The molecule has 6 rings (SSSR count). The highest BCUT2D eigenvalue weighted by Crippen LogP contribution is 2.56. The second-order valence-electron chi connectivity index (χ2n) is 15.0. The fraction of sp³-hybridized carbons (Fsp3) is 0.419. The summed E-state index contributed by atoms with van der Waals surface area (Å²) in [4.78, 5) is 47.9. The van der Waals surface area contributed by atoms with Crippen LogP contribution in [0.3, 0.4) is 0 Å². The van der Waals surface area contributed by atoms with E-state index in [9.17, 15) is 29.7 Å². The Morgan fingerprint density at radius 1 is 0.982 bits per heavy atom. The number of carboxylic acids is 1. The number of allylic oxidation sites excluding steroid dienone is 10. The number of carboxylic acid groups (broad SMARTS) is 1. The predicted molar refractivity (Wildman–Crippen MR) is 211 cm³/mol. The SMILES string of the molecule is C=CC1=C(C)C2=NC/1=C\C1NC(=C(CCC(=O)O)C1C)/C=C1N=C(/C=C3\N/C(=C\2)C2=CC=C(CC(=O)OC)[C@@H](CC(=O)OC)[C@]23C)C(C)=C\1C(CO)(CO)OC. The zero-order valence-corrected chi connectivity index (χ0v) is 32.9. The van der Waals surface area contributed by atoms with Crippen molar-refractivity contribution in [2.75, 3.05) is 34.5 Å². The minimum atomic E-state index is -1.54. The first-order chi connectivity index (χ1) is 26.7. The number of methoxy groups -OCH3 is 3. The third-order valence-electron chi connectivity index (χ3n) is 12.1. The monoisotopic (exact) mass is 766 g/mol. The van der Waals surface area contributed by atoms with Crippen molar-refractivity contribution in [3.05, 3.63) is 117 Å². The van der Waals surface area contributed by atoms with Gasteiger partial charge in [0.1, 0.15) is 5.60 Å². The van der Waals surface area contributed by atoms with Crippen LogP contribution in [-0.2, 0) is 28.6 Å². The zero-order valence-electron chi connectivity index (χ0n) is 32.9. The summed E-state index contributed by atoms with van der Waals surface area (Å²) in [5.41, 5.74) is 7.27. The number of ether oxygens (including phenoxy) is 3. The maximum Gasteiger partial charge on any atom is 0.309 e. The molecule has 0 aromatic carbocycles. The molecular weight excluding hydrogens is 716 g/mol. The lowest BCUT2D eigenvalue weighted by Crippen LogP contribution is -2.42. The van der Waals surface area contributed by atoms with Crippen LogP contribution in [-0.4, -0.2) is 90.8 Å². The fourth-order valence-corrected chi connectivity index (χ4v) is 8.73. The highest BCUT2D eigenvalue weighted by atomic mass is 16.5. The third kappa shape index (κ3) is 6.77. The van der Waals surface area contributed by atoms with Gasteiger partial charge in [0, 0.05) is 59.0 Å². The van der Waals surface area contributed by atoms with Crippen molar-refractivity contribution in [3.8, 4) is 0 Å². The first kappa shape index (κ1) is 40.3. The van der Waals surface area contributed by atoms with E-state index in [0.29, 0.717) is 50.9 Å². The van der Waals surface area contributed by atoms with Crippen molar-refractivity contribution in [2.45, 2.75) is 65.0 Å². The van der Waals surface area contributed by atoms with Crippen molar-refractivity contribution in [3.63, 3.8) is 0 Å². The number of aliphatic hydroxyl groups excluding tert-OH is 2. The summed E-state index contributed by atoms with van der Waals surface area (Å²) in [6.07, 6.45) is 13.5. The van der Waals surface area contributed by atoms with Gasteiger partial charge in [0.05, 0.1) is 69.1 Å². The normalized spacial score (nSPS) is 29.2. The molecule has 4 atom stereocenters. The van der Waals surface area contributed by atoms with E-state index in [0.717, 1.165) is 28.0 Å². The Morgan fingerprint density at radius 2 is 1.66 bits per heavy atom. The van der Waals surface area contributed by atoms with Crippen LogP contribution in [0.2, 0.25) is 0 Å². The second-order valence-corrected chi connectivity index (χ2v) is 15.0. The molecule has 5 N–H and O–H groups in total. The Morgan fingerprint density at radius 3 is 2.29 bits per heavy atom. The zero-order chi connectivity index (χ0) is 40.7. The number of carbonyl (C=O) groups excluding carboxylic acids is 2. The van der Waals surface area contributed by atoms with E-state index < -0.39 is 48.1 Å². The van der Waals surface area contributed by atoms with Crippen molar-refractivity contribution >= 4 is 29.3 Å². The van der Waals surface area contributed by atoms with Gasteiger partial charge in [0.25, 0.3) is 0 Å². The molecule has 296 valence electrons. The van der Waals surface area contributed by atoms with Gasteiger partial charge >= 0.3 is 17.9 Å². The van der Waals surface area contributed by atoms with Crippen molar-refractivity contribution in [1.82, 2.24) is 10.6 Å². The standard InChI is InChI=1S/C43H50N4O9/c1-9-26-22(2)31-17-35-28-12-10-25(14-39(52)54-6)29(15-40(53)55-7)42(28,5)37(47-35)19-32-24(4)41(43(20-48,21-49)56-8)36(46-32)18-34-27(11-13-38(50)51)23(3)30(45-34)16-33(26)44-31/h9-10,12,16-19,23,29-30,45,47-49H,1,11,13-15,20-21H2,2-8H3,(H,50,51)/b33-16-,35-17-,36-18-,37-19-/t23?,29-,30?,42+/m1/s1. The second kappa shape index (κ2) is 15.6. The summed E-state index contributed by atoms with van der Waals surface area (Å²) < 4.78 is 16.1. The molecule has 0 amide bonds. The summed E-state index contributed by atoms with van der Waals surface area (Å²) in [6.45, 7) is 10.9. The van der Waals surface area contributed by atoms with Crippen LogP contribution in [0.1, 0.15) is 53.4 Å². The van der Waals surface area contributed by atoms with Gasteiger partial charge in [0.2, 0.25) is 0 Å². The molecule has 1 aliphatic carbocycles. The van der Waals surface area contributed by atoms with Crippen molar-refractivity contribution in [2.24, 2.45) is 27.2 Å². The molecule has 0 aromatic heterocycles. The van der Waals surface area contributed by atoms with Crippen molar-refractivity contribution in [1.29, 1.82) is 0 Å². The number of nitrogens with zero attached hydrogens (tertiary/aromatic N) is 2. The highest BCUT2D eigenvalue weighted by molar-refractivity contribution is 6.14. The largest absolute Gasteiger partial charge is 0.481 e. The van der Waals surface area contributed by atoms with E-state index >= 15 is 0 Å². The Balaban J connectivity index is 1.68. The van der Waals surface area contributed by atoms with E-state index in [4.69, 9.17) is 24.2 Å². The van der Waals surface area contributed by atoms with E-state index in [-0.39, 0.29) is 37.6 Å². The Labute approximate surface area is 326 Å². The van der Waals surface area contributed by atoms with E-state index in [1.165, 1.54) is 21.3 Å². The molecule has 5 heterocycles. The smallest absolute Gasteiger partial charge is 0.309 e. The maximum absolute atomic E-state index is 13.1. The quantitative estimate of drug-likeness (QED) is 0.175. The van der Waals surface area contributed by atoms with Gasteiger partial charge in [-0.15, -0.1) is 0 Å². The first-order valence-electron chi connectivity index (χ1n) is 18.6. The summed E-state index contributed by atoms with van der Waals surface area (Å²) in [5, 5.41) is 38.5. The van der Waals surface area contributed by atoms with E-state index in [1.807, 2.05) is 64.2 Å². The number of aliphatic hydroxyl groups is 2. The average Bonchev–Trinajstić information content (AvgIpc) is 3.84. The molecule has 1 fully saturated rings. The Hall–Kier alpha value is -5.37. The molecule has 0 saturated carbocycles. The van der Waals surface area contributed by atoms with Crippen LogP contribution in [0, 0.1) is 17.3 Å². The number of nitrogens with one attached hydrogen (secondary N) is 2. The van der Waals surface area contributed by atoms with Gasteiger partial charge < -0.3 is 40.2 Å². The van der Waals surface area contributed by atoms with Gasteiger partial charge in [-0.2, -0.15) is 0 Å². The van der Waals surface area contributed by atoms with Gasteiger partial charge in [-0.25, -0.2) is 9.98 Å². The molecule has 5 aliphatic heterocycles. The molecule has 0 spiro atoms. The molecule has 13 nitrogen and oxygen atoms in total. The number of carbonyl (C=O) groups is 3. The summed E-state index contributed by atoms with van der Waals surface area (Å²) in [5.74, 6) is -2.49. The highest BCUT2D eigenvalue weighted by Gasteiger charge is 2.52. The predicted octanol–water partition coefficient (Wildman–Crippen LogP) is 4.58. The number of hydrogen-bond donors (Lipinski definition) is 5. The third-order valence-corrected chi connectivity index (χ3v) is 12.1. The van der Waals surface area contributed by atoms with Crippen LogP contribution in [0.4, 0.5) is 0 Å². The van der Waals surface area contributed by atoms with Gasteiger partial charge in [-0.3, -0.25) is 14.4 Å². The molecule has 0 radical (unpaired) electrons. The molecule has 0 aromatic rings. The summed E-state index contributed by atoms with van der Waals surface area (Å²) in [7, 11) is 4.07. The minimum absolute atomic E-state index is 0.0368. The average molecular weight is 767 g/mol. The van der Waals surface area contributed by atoms with E-state index in [1.54, 1.807) is 6.08 Å². The number of aliphatic imine (C=N–C) groups is 2. The molecule has 8 bridgehead atoms. The molecule has 2 unspecified atom stereocenters. The summed E-state index contributed by atoms with van der Waals surface area (Å²) in [6, 6.07) is -0.272. The van der Waals surface area contributed by atoms with Crippen LogP contribution in [0.5, 0.6) is 0 Å². The van der Waals surface area contributed by atoms with Gasteiger partial charge in [-0.1, -0.05) is 37.3 Å². The molecule has 13 heteroatoms. The molecule has 1 saturated heterocycles. The molecule has 56 heavy (non-hydrogen) atoms. The lowest BCUT2D eigenvalue weighted by atomic mass is 9.63. The van der Waals surface area contributed by atoms with Crippen molar-refractivity contribution < 1.29 is 43.9 Å². The number of aliphatic carboxylic acids is 1. The molecular formula is C43H50N4O9. The van der Waals surface area contributed by atoms with Gasteiger partial charge in [-0.05, 0) is 73.8 Å². The minimum Gasteiger partial charge on any atom is -0.481 e. The number of hydrogen-bond acceptors (Lipinski definition) is 12. The van der Waals surface area contributed by atoms with Crippen LogP contribution in [0.15, 0.2) is 127 Å². The number of rotatable bonds is 12. The van der Waals surface area contributed by atoms with E-state index in [2.05, 4.69) is 17.2 Å². The van der Waals surface area contributed by atoms with Gasteiger partial charge in [0.15, 0.2) is 0 Å². The number of fused-ring (bicyclic) bond motifs is 9. The van der Waals surface area contributed by atoms with Crippen LogP contribution >= 0.6 is 0 Å². The first-order valence-corrected chi connectivity index (χ1v) is 18.6.